The highest BCUT2D eigenvalue weighted by Crippen LogP contribution is 2.44. The standard InChI is InChI=1S/C28H38Si2/c1-19-15-21-9-11-23(29(3,4)5)17-27(21)25(19)13-14-26-20(2)16-22-10-12-24(18-28(22)26)30(6,7)8/h9-12,15-18,25-26H,13-14H2,1-8H3. The molecule has 2 aromatic carbocycles. The van der Waals surface area contributed by atoms with E-state index in [-0.39, 0.29) is 0 Å². The van der Waals surface area contributed by atoms with E-state index in [9.17, 15) is 0 Å². The van der Waals surface area contributed by atoms with Gasteiger partial charge in [-0.25, -0.2) is 0 Å². The molecule has 0 saturated heterocycles. The molecule has 0 aromatic heterocycles. The Bertz CT molecular complexity index is 956. The van der Waals surface area contributed by atoms with Crippen LogP contribution in [0.1, 0.15) is 60.8 Å². The summed E-state index contributed by atoms with van der Waals surface area (Å²) in [5.74, 6) is 1.18. The number of fused-ring (bicyclic) bond motifs is 2. The van der Waals surface area contributed by atoms with Crippen molar-refractivity contribution in [1.29, 1.82) is 0 Å². The average molecular weight is 431 g/mol. The lowest BCUT2D eigenvalue weighted by Gasteiger charge is -2.23. The van der Waals surface area contributed by atoms with Gasteiger partial charge in [-0.05, 0) is 48.9 Å². The van der Waals surface area contributed by atoms with Crippen LogP contribution in [-0.4, -0.2) is 16.1 Å². The predicted octanol–water partition coefficient (Wildman–Crippen LogP) is 7.26. The second-order valence-corrected chi connectivity index (χ2v) is 21.8. The molecule has 2 atom stereocenters. The highest BCUT2D eigenvalue weighted by atomic mass is 28.3. The zero-order valence-electron chi connectivity index (χ0n) is 20.2. The molecule has 0 nitrogen and oxygen atoms in total. The zero-order valence-corrected chi connectivity index (χ0v) is 22.2. The molecule has 2 aliphatic rings. The van der Waals surface area contributed by atoms with Crippen molar-refractivity contribution in [3.63, 3.8) is 0 Å². The first kappa shape index (κ1) is 21.6. The lowest BCUT2D eigenvalue weighted by molar-refractivity contribution is 0.611. The fraction of sp³-hybridized carbons (Fsp3) is 0.429. The van der Waals surface area contributed by atoms with E-state index in [2.05, 4.69) is 102 Å². The molecule has 0 fully saturated rings. The van der Waals surface area contributed by atoms with Crippen molar-refractivity contribution in [3.8, 4) is 0 Å². The van der Waals surface area contributed by atoms with Crippen LogP contribution in [-0.2, 0) is 0 Å². The summed E-state index contributed by atoms with van der Waals surface area (Å²) >= 11 is 0. The van der Waals surface area contributed by atoms with Crippen LogP contribution >= 0.6 is 0 Å². The van der Waals surface area contributed by atoms with Gasteiger partial charge in [0.2, 0.25) is 0 Å². The molecule has 2 aliphatic carbocycles. The topological polar surface area (TPSA) is 0 Å². The second-order valence-electron chi connectivity index (χ2n) is 11.6. The van der Waals surface area contributed by atoms with E-state index < -0.39 is 16.1 Å². The molecule has 4 rings (SSSR count). The highest BCUT2D eigenvalue weighted by Gasteiger charge is 2.29. The molecule has 0 saturated carbocycles. The van der Waals surface area contributed by atoms with Crippen molar-refractivity contribution in [1.82, 2.24) is 0 Å². The molecule has 0 bridgehead atoms. The maximum atomic E-state index is 2.55. The van der Waals surface area contributed by atoms with Gasteiger partial charge in [0, 0.05) is 11.8 Å². The monoisotopic (exact) mass is 430 g/mol. The molecule has 0 spiro atoms. The highest BCUT2D eigenvalue weighted by molar-refractivity contribution is 6.89. The first-order chi connectivity index (χ1) is 13.9. The second kappa shape index (κ2) is 7.49. The van der Waals surface area contributed by atoms with Gasteiger partial charge in [0.15, 0.2) is 0 Å². The van der Waals surface area contributed by atoms with Gasteiger partial charge in [-0.3, -0.25) is 0 Å². The summed E-state index contributed by atoms with van der Waals surface area (Å²) in [5, 5.41) is 3.19. The van der Waals surface area contributed by atoms with Crippen LogP contribution in [0.4, 0.5) is 0 Å². The number of allylic oxidation sites excluding steroid dienone is 2. The molecule has 2 unspecified atom stereocenters. The Morgan fingerprint density at radius 2 is 0.967 bits per heavy atom. The third-order valence-corrected chi connectivity index (χ3v) is 11.4. The van der Waals surface area contributed by atoms with Crippen LogP contribution in [0.5, 0.6) is 0 Å². The normalized spacial score (nSPS) is 20.7. The Hall–Kier alpha value is -1.65. The minimum absolute atomic E-state index is 0.591. The van der Waals surface area contributed by atoms with Gasteiger partial charge in [0.25, 0.3) is 0 Å². The summed E-state index contributed by atoms with van der Waals surface area (Å²) in [6.07, 6.45) is 7.36. The molecular weight excluding hydrogens is 392 g/mol. The predicted molar refractivity (Wildman–Crippen MR) is 141 cm³/mol. The van der Waals surface area contributed by atoms with Crippen molar-refractivity contribution in [2.75, 3.05) is 0 Å². The average Bonchev–Trinajstić information content (AvgIpc) is 3.12. The first-order valence-corrected chi connectivity index (χ1v) is 18.6. The molecule has 2 heteroatoms. The fourth-order valence-corrected chi connectivity index (χ4v) is 7.57. The van der Waals surface area contributed by atoms with Crippen molar-refractivity contribution in [2.45, 2.75) is 77.8 Å². The van der Waals surface area contributed by atoms with E-state index >= 15 is 0 Å². The summed E-state index contributed by atoms with van der Waals surface area (Å²) in [4.78, 5) is 0. The van der Waals surface area contributed by atoms with Gasteiger partial charge >= 0.3 is 0 Å². The van der Waals surface area contributed by atoms with Gasteiger partial charge in [-0.2, -0.15) is 0 Å². The molecule has 158 valence electrons. The van der Waals surface area contributed by atoms with E-state index in [1.54, 1.807) is 32.6 Å². The van der Waals surface area contributed by atoms with Gasteiger partial charge in [-0.15, -0.1) is 0 Å². The van der Waals surface area contributed by atoms with E-state index in [1.165, 1.54) is 24.0 Å². The van der Waals surface area contributed by atoms with Crippen molar-refractivity contribution < 1.29 is 0 Å². The smallest absolute Gasteiger partial charge is 0.0656 e. The van der Waals surface area contributed by atoms with Gasteiger partial charge in [0.05, 0.1) is 16.1 Å². The number of rotatable bonds is 5. The summed E-state index contributed by atoms with van der Waals surface area (Å²) in [6, 6.07) is 14.6. The largest absolute Gasteiger partial charge is 0.0776 e. The quantitative estimate of drug-likeness (QED) is 0.438. The van der Waals surface area contributed by atoms with Crippen LogP contribution in [0.3, 0.4) is 0 Å². The number of hydrogen-bond acceptors (Lipinski definition) is 0. The minimum atomic E-state index is -1.29. The molecule has 2 aromatic rings. The van der Waals surface area contributed by atoms with Crippen molar-refractivity contribution in [3.05, 3.63) is 69.8 Å². The molecule has 0 N–H and O–H groups in total. The summed E-state index contributed by atoms with van der Waals surface area (Å²) in [7, 11) is -2.57. The van der Waals surface area contributed by atoms with Crippen LogP contribution < -0.4 is 10.4 Å². The Morgan fingerprint density at radius 3 is 1.30 bits per heavy atom. The Labute approximate surface area is 186 Å². The fourth-order valence-electron chi connectivity index (χ4n) is 5.23. The van der Waals surface area contributed by atoms with E-state index in [1.807, 2.05) is 0 Å². The van der Waals surface area contributed by atoms with Gasteiger partial charge < -0.3 is 0 Å². The Morgan fingerprint density at radius 1 is 0.600 bits per heavy atom. The Balaban J connectivity index is 1.59. The molecule has 30 heavy (non-hydrogen) atoms. The van der Waals surface area contributed by atoms with Crippen molar-refractivity contribution in [2.24, 2.45) is 0 Å². The molecule has 0 radical (unpaired) electrons. The lowest BCUT2D eigenvalue weighted by atomic mass is 9.85. The summed E-state index contributed by atoms with van der Waals surface area (Å²) in [5.41, 5.74) is 9.19. The van der Waals surface area contributed by atoms with Crippen LogP contribution in [0.25, 0.3) is 12.2 Å². The zero-order chi connectivity index (χ0) is 21.8. The Kier molecular flexibility index (Phi) is 5.39. The van der Waals surface area contributed by atoms with Gasteiger partial charge in [0.1, 0.15) is 0 Å². The SMILES string of the molecule is CC1=Cc2ccc([Si](C)(C)C)cc2C1CCC1C(C)=Cc2ccc([Si](C)(C)C)cc21. The summed E-state index contributed by atoms with van der Waals surface area (Å²) in [6.45, 7) is 19.4. The maximum Gasteiger partial charge on any atom is 0.0776 e. The van der Waals surface area contributed by atoms with Gasteiger partial charge in [-0.1, -0.05) is 109 Å². The number of hydrogen-bond donors (Lipinski definition) is 0. The van der Waals surface area contributed by atoms with Crippen molar-refractivity contribution >= 4 is 38.7 Å². The molecule has 0 amide bonds. The molecule has 0 aliphatic heterocycles. The number of benzene rings is 2. The maximum absolute atomic E-state index is 2.55. The lowest BCUT2D eigenvalue weighted by Crippen LogP contribution is -2.37. The van der Waals surface area contributed by atoms with Crippen LogP contribution in [0, 0.1) is 0 Å². The third-order valence-electron chi connectivity index (χ3n) is 7.27. The first-order valence-electron chi connectivity index (χ1n) is 11.6. The molecular formula is C28H38Si2. The van der Waals surface area contributed by atoms with Crippen LogP contribution in [0.15, 0.2) is 47.5 Å². The third kappa shape index (κ3) is 3.97. The van der Waals surface area contributed by atoms with E-state index in [4.69, 9.17) is 0 Å². The minimum Gasteiger partial charge on any atom is -0.0656 e. The van der Waals surface area contributed by atoms with E-state index in [0.29, 0.717) is 11.8 Å². The summed E-state index contributed by atoms with van der Waals surface area (Å²) < 4.78 is 0. The molecule has 0 heterocycles. The van der Waals surface area contributed by atoms with E-state index in [0.717, 1.165) is 0 Å². The van der Waals surface area contributed by atoms with Crippen LogP contribution in [0.2, 0.25) is 39.3 Å².